The molecule has 1 N–H and O–H groups in total. The van der Waals surface area contributed by atoms with Crippen molar-refractivity contribution in [2.24, 2.45) is 0 Å². The molecule has 1 aromatic heterocycles. The van der Waals surface area contributed by atoms with Crippen molar-refractivity contribution in [3.63, 3.8) is 0 Å². The van der Waals surface area contributed by atoms with E-state index in [1.807, 2.05) is 49.4 Å². The van der Waals surface area contributed by atoms with Gasteiger partial charge < -0.3 is 19.4 Å². The van der Waals surface area contributed by atoms with Crippen LogP contribution in [0.3, 0.4) is 0 Å². The maximum atomic E-state index is 13.7. The molecule has 1 heterocycles. The Balaban J connectivity index is 1.68. The van der Waals surface area contributed by atoms with Crippen LogP contribution in [0.1, 0.15) is 59.0 Å². The minimum atomic E-state index is -0.783. The molecule has 178 valence electrons. The van der Waals surface area contributed by atoms with Crippen LogP contribution in [0.2, 0.25) is 0 Å². The Bertz CT molecular complexity index is 1090. The van der Waals surface area contributed by atoms with E-state index in [1.54, 1.807) is 24.1 Å². The number of hydrogen-bond donors (Lipinski definition) is 1. The zero-order valence-electron chi connectivity index (χ0n) is 19.8. The number of furan rings is 1. The summed E-state index contributed by atoms with van der Waals surface area (Å²) >= 11 is 0. The van der Waals surface area contributed by atoms with E-state index >= 15 is 0 Å². The molecule has 1 atom stereocenters. The normalized spacial score (nSPS) is 14.5. The number of methoxy groups -OCH3 is 1. The lowest BCUT2D eigenvalue weighted by Crippen LogP contribution is -2.46. The summed E-state index contributed by atoms with van der Waals surface area (Å²) in [7, 11) is 1.61. The van der Waals surface area contributed by atoms with Gasteiger partial charge in [-0.2, -0.15) is 0 Å². The molecule has 2 amide bonds. The third-order valence-electron chi connectivity index (χ3n) is 6.41. The smallest absolute Gasteiger partial charge is 0.290 e. The molecule has 1 fully saturated rings. The second kappa shape index (κ2) is 11.1. The van der Waals surface area contributed by atoms with E-state index in [-0.39, 0.29) is 23.6 Å². The number of nitrogens with one attached hydrogen (secondary N) is 1. The van der Waals surface area contributed by atoms with E-state index in [0.717, 1.165) is 42.4 Å². The zero-order valence-corrected chi connectivity index (χ0v) is 19.8. The molecule has 6 heteroatoms. The summed E-state index contributed by atoms with van der Waals surface area (Å²) in [6.07, 6.45) is 6.26. The monoisotopic (exact) mass is 460 g/mol. The van der Waals surface area contributed by atoms with Crippen LogP contribution in [0.15, 0.2) is 71.3 Å². The fraction of sp³-hybridized carbons (Fsp3) is 0.357. The van der Waals surface area contributed by atoms with E-state index in [0.29, 0.717) is 18.7 Å². The van der Waals surface area contributed by atoms with Gasteiger partial charge in [-0.25, -0.2) is 0 Å². The van der Waals surface area contributed by atoms with Crippen molar-refractivity contribution in [1.29, 1.82) is 0 Å². The molecule has 6 nitrogen and oxygen atoms in total. The van der Waals surface area contributed by atoms with Crippen LogP contribution in [0.4, 0.5) is 0 Å². The van der Waals surface area contributed by atoms with E-state index in [1.165, 1.54) is 6.26 Å². The predicted molar refractivity (Wildman–Crippen MR) is 131 cm³/mol. The maximum absolute atomic E-state index is 13.7. The molecule has 0 aliphatic heterocycles. The van der Waals surface area contributed by atoms with Crippen molar-refractivity contribution in [3.8, 4) is 5.75 Å². The van der Waals surface area contributed by atoms with Gasteiger partial charge in [0.15, 0.2) is 5.76 Å². The van der Waals surface area contributed by atoms with Gasteiger partial charge in [0.1, 0.15) is 11.8 Å². The topological polar surface area (TPSA) is 71.8 Å². The van der Waals surface area contributed by atoms with Gasteiger partial charge >= 0.3 is 0 Å². The minimum Gasteiger partial charge on any atom is -0.497 e. The Labute approximate surface area is 200 Å². The standard InChI is InChI=1S/C28H32N2O4/c1-20-7-5-8-21(19-20)16-17-30(28(32)25-11-6-18-34-25)26(22-12-14-24(33-2)15-13-22)27(31)29-23-9-3-4-10-23/h5-8,11-15,18-19,23,26H,3-4,9-10,16-17H2,1-2H3,(H,29,31)/t26-/m0/s1. The summed E-state index contributed by atoms with van der Waals surface area (Å²) in [5.41, 5.74) is 3.01. The lowest BCUT2D eigenvalue weighted by Gasteiger charge is -2.32. The average molecular weight is 461 g/mol. The van der Waals surface area contributed by atoms with Crippen molar-refractivity contribution < 1.29 is 18.7 Å². The van der Waals surface area contributed by atoms with Crippen LogP contribution in [0.25, 0.3) is 0 Å². The fourth-order valence-corrected chi connectivity index (χ4v) is 4.62. The van der Waals surface area contributed by atoms with Crippen LogP contribution in [0, 0.1) is 6.92 Å². The van der Waals surface area contributed by atoms with Gasteiger partial charge in [-0.05, 0) is 61.6 Å². The summed E-state index contributed by atoms with van der Waals surface area (Å²) < 4.78 is 10.7. The number of hydrogen-bond acceptors (Lipinski definition) is 4. The van der Waals surface area contributed by atoms with E-state index in [9.17, 15) is 9.59 Å². The molecule has 0 unspecified atom stereocenters. The minimum absolute atomic E-state index is 0.144. The highest BCUT2D eigenvalue weighted by atomic mass is 16.5. The fourth-order valence-electron chi connectivity index (χ4n) is 4.62. The Kier molecular flexibility index (Phi) is 7.68. The SMILES string of the molecule is COc1ccc([C@@H](C(=O)NC2CCCC2)N(CCc2cccc(C)c2)C(=O)c2ccco2)cc1. The summed E-state index contributed by atoms with van der Waals surface area (Å²) in [4.78, 5) is 28.9. The predicted octanol–water partition coefficient (Wildman–Crippen LogP) is 5.08. The number of carbonyl (C=O) groups excluding carboxylic acids is 2. The van der Waals surface area contributed by atoms with Crippen LogP contribution in [-0.2, 0) is 11.2 Å². The quantitative estimate of drug-likeness (QED) is 0.483. The Morgan fingerprint density at radius 3 is 2.50 bits per heavy atom. The van der Waals surface area contributed by atoms with Crippen LogP contribution >= 0.6 is 0 Å². The number of rotatable bonds is 9. The first-order valence-electron chi connectivity index (χ1n) is 11.9. The van der Waals surface area contributed by atoms with E-state index in [2.05, 4.69) is 11.4 Å². The van der Waals surface area contributed by atoms with Crippen molar-refractivity contribution in [1.82, 2.24) is 10.2 Å². The van der Waals surface area contributed by atoms with Crippen LogP contribution < -0.4 is 10.1 Å². The molecule has 1 aliphatic rings. The van der Waals surface area contributed by atoms with Gasteiger partial charge in [0.25, 0.3) is 5.91 Å². The summed E-state index contributed by atoms with van der Waals surface area (Å²) in [5.74, 6) is 0.444. The molecular formula is C28H32N2O4. The lowest BCUT2D eigenvalue weighted by molar-refractivity contribution is -0.126. The molecular weight excluding hydrogens is 428 g/mol. The number of nitrogens with zero attached hydrogens (tertiary/aromatic N) is 1. The van der Waals surface area contributed by atoms with Gasteiger partial charge in [0, 0.05) is 12.6 Å². The third kappa shape index (κ3) is 5.68. The van der Waals surface area contributed by atoms with Gasteiger partial charge in [0.2, 0.25) is 5.91 Å². The summed E-state index contributed by atoms with van der Waals surface area (Å²) in [6.45, 7) is 2.42. The van der Waals surface area contributed by atoms with Gasteiger partial charge in [-0.1, -0.05) is 54.8 Å². The molecule has 34 heavy (non-hydrogen) atoms. The molecule has 4 rings (SSSR count). The number of benzene rings is 2. The zero-order chi connectivity index (χ0) is 23.9. The summed E-state index contributed by atoms with van der Waals surface area (Å²) in [5, 5.41) is 3.20. The van der Waals surface area contributed by atoms with Gasteiger partial charge in [0.05, 0.1) is 13.4 Å². The molecule has 1 saturated carbocycles. The number of ether oxygens (including phenoxy) is 1. The van der Waals surface area contributed by atoms with Gasteiger partial charge in [-0.3, -0.25) is 9.59 Å². The third-order valence-corrected chi connectivity index (χ3v) is 6.41. The number of aryl methyl sites for hydroxylation is 1. The van der Waals surface area contributed by atoms with Crippen molar-refractivity contribution in [3.05, 3.63) is 89.4 Å². The molecule has 0 bridgehead atoms. The number of carbonyl (C=O) groups is 2. The first-order valence-corrected chi connectivity index (χ1v) is 11.9. The molecule has 3 aromatic rings. The maximum Gasteiger partial charge on any atom is 0.290 e. The highest BCUT2D eigenvalue weighted by Crippen LogP contribution is 2.28. The highest BCUT2D eigenvalue weighted by molar-refractivity contribution is 5.96. The Hall–Kier alpha value is -3.54. The van der Waals surface area contributed by atoms with Crippen LogP contribution in [-0.4, -0.2) is 36.4 Å². The largest absolute Gasteiger partial charge is 0.497 e. The van der Waals surface area contributed by atoms with E-state index in [4.69, 9.17) is 9.15 Å². The second-order valence-corrected chi connectivity index (χ2v) is 8.88. The number of amides is 2. The molecule has 0 saturated heterocycles. The molecule has 1 aliphatic carbocycles. The Morgan fingerprint density at radius 2 is 1.85 bits per heavy atom. The van der Waals surface area contributed by atoms with E-state index < -0.39 is 6.04 Å². The second-order valence-electron chi connectivity index (χ2n) is 8.88. The average Bonchev–Trinajstić information content (AvgIpc) is 3.56. The molecule has 0 radical (unpaired) electrons. The molecule has 2 aromatic carbocycles. The first kappa shape index (κ1) is 23.6. The first-order chi connectivity index (χ1) is 16.5. The highest BCUT2D eigenvalue weighted by Gasteiger charge is 2.34. The van der Waals surface area contributed by atoms with Crippen molar-refractivity contribution >= 4 is 11.8 Å². The summed E-state index contributed by atoms with van der Waals surface area (Å²) in [6, 6.07) is 18.2. The van der Waals surface area contributed by atoms with Crippen LogP contribution in [0.5, 0.6) is 5.75 Å². The van der Waals surface area contributed by atoms with Crippen molar-refractivity contribution in [2.45, 2.75) is 51.1 Å². The van der Waals surface area contributed by atoms with Crippen molar-refractivity contribution in [2.75, 3.05) is 13.7 Å². The molecule has 0 spiro atoms. The van der Waals surface area contributed by atoms with Gasteiger partial charge in [-0.15, -0.1) is 0 Å². The Morgan fingerprint density at radius 1 is 1.09 bits per heavy atom. The lowest BCUT2D eigenvalue weighted by atomic mass is 10.0.